The summed E-state index contributed by atoms with van der Waals surface area (Å²) in [5.41, 5.74) is 3.73. The number of nitrogens with one attached hydrogen (secondary N) is 2. The van der Waals surface area contributed by atoms with Crippen LogP contribution in [0.25, 0.3) is 33.2 Å². The van der Waals surface area contributed by atoms with Crippen molar-refractivity contribution in [2.75, 3.05) is 6.61 Å². The van der Waals surface area contributed by atoms with Gasteiger partial charge in [0.2, 0.25) is 0 Å². The van der Waals surface area contributed by atoms with Crippen molar-refractivity contribution in [1.82, 2.24) is 24.7 Å². The SMILES string of the molecule is CC(Sc1nnc(-c2c[nH]c3ccccc23)n1CC1CCCO1)C(=O)c1c[nH]c2ccccc12. The van der Waals surface area contributed by atoms with Gasteiger partial charge < -0.3 is 14.7 Å². The molecule has 7 nitrogen and oxygen atoms in total. The Kier molecular flexibility index (Phi) is 5.47. The summed E-state index contributed by atoms with van der Waals surface area (Å²) >= 11 is 1.45. The molecular weight excluding hydrogens is 446 g/mol. The molecule has 0 saturated carbocycles. The average Bonchev–Trinajstić information content (AvgIpc) is 3.66. The molecule has 5 aromatic rings. The number of rotatable bonds is 7. The molecule has 2 unspecified atom stereocenters. The summed E-state index contributed by atoms with van der Waals surface area (Å²) < 4.78 is 8.06. The zero-order valence-corrected chi connectivity index (χ0v) is 19.6. The number of hydrogen-bond donors (Lipinski definition) is 2. The molecule has 0 amide bonds. The predicted octanol–water partition coefficient (Wildman–Crippen LogP) is 5.45. The molecule has 8 heteroatoms. The fourth-order valence-electron chi connectivity index (χ4n) is 4.69. The first-order chi connectivity index (χ1) is 16.7. The molecule has 0 aliphatic carbocycles. The van der Waals surface area contributed by atoms with Gasteiger partial charge in [0.05, 0.1) is 17.9 Å². The molecule has 6 rings (SSSR count). The van der Waals surface area contributed by atoms with Crippen LogP contribution in [0.15, 0.2) is 66.1 Å². The first-order valence-corrected chi connectivity index (χ1v) is 12.5. The molecule has 1 aliphatic rings. The molecule has 0 spiro atoms. The van der Waals surface area contributed by atoms with Gasteiger partial charge in [-0.25, -0.2) is 0 Å². The van der Waals surface area contributed by atoms with E-state index < -0.39 is 0 Å². The molecule has 1 aliphatic heterocycles. The topological polar surface area (TPSA) is 88.6 Å². The molecule has 1 saturated heterocycles. The van der Waals surface area contributed by atoms with Gasteiger partial charge in [-0.3, -0.25) is 9.36 Å². The van der Waals surface area contributed by atoms with Crippen LogP contribution in [0.5, 0.6) is 0 Å². The number of benzene rings is 2. The zero-order chi connectivity index (χ0) is 23.1. The summed E-state index contributed by atoms with van der Waals surface area (Å²) in [7, 11) is 0. The lowest BCUT2D eigenvalue weighted by atomic mass is 10.1. The van der Waals surface area contributed by atoms with Gasteiger partial charge in [-0.05, 0) is 31.9 Å². The van der Waals surface area contributed by atoms with E-state index in [0.717, 1.165) is 57.8 Å². The second kappa shape index (κ2) is 8.77. The van der Waals surface area contributed by atoms with Gasteiger partial charge in [0, 0.05) is 51.9 Å². The molecule has 2 atom stereocenters. The van der Waals surface area contributed by atoms with Crippen LogP contribution in [-0.4, -0.2) is 48.5 Å². The number of para-hydroxylation sites is 2. The average molecular weight is 472 g/mol. The predicted molar refractivity (Wildman–Crippen MR) is 134 cm³/mol. The standard InChI is InChI=1S/C26H25N5O2S/c1-16(24(32)20-13-27-22-10-4-2-8-18(20)22)34-26-30-29-25(31(26)15-17-7-6-12-33-17)21-14-28-23-11-5-3-9-19(21)23/h2-5,8-11,13-14,16-17,27-28H,6-7,12,15H2,1H3. The second-order valence-corrected chi connectivity index (χ2v) is 9.98. The Morgan fingerprint density at radius 1 is 1.09 bits per heavy atom. The van der Waals surface area contributed by atoms with Crippen molar-refractivity contribution in [3.63, 3.8) is 0 Å². The Morgan fingerprint density at radius 2 is 1.82 bits per heavy atom. The summed E-state index contributed by atoms with van der Waals surface area (Å²) in [6, 6.07) is 16.1. The number of aromatic nitrogens is 5. The number of carbonyl (C=O) groups is 1. The number of H-pyrrole nitrogens is 2. The third-order valence-electron chi connectivity index (χ3n) is 6.46. The zero-order valence-electron chi connectivity index (χ0n) is 18.8. The summed E-state index contributed by atoms with van der Waals surface area (Å²) in [6.07, 6.45) is 5.99. The molecule has 4 heterocycles. The van der Waals surface area contributed by atoms with Crippen LogP contribution < -0.4 is 0 Å². The number of thioether (sulfide) groups is 1. The van der Waals surface area contributed by atoms with Crippen molar-refractivity contribution in [2.45, 2.75) is 42.8 Å². The molecule has 172 valence electrons. The highest BCUT2D eigenvalue weighted by Crippen LogP contribution is 2.33. The van der Waals surface area contributed by atoms with E-state index in [1.54, 1.807) is 6.20 Å². The van der Waals surface area contributed by atoms with E-state index >= 15 is 0 Å². The Labute approximate surface area is 200 Å². The van der Waals surface area contributed by atoms with Crippen molar-refractivity contribution < 1.29 is 9.53 Å². The quantitative estimate of drug-likeness (QED) is 0.243. The number of ketones is 1. The van der Waals surface area contributed by atoms with E-state index in [0.29, 0.717) is 12.1 Å². The van der Waals surface area contributed by atoms with Crippen molar-refractivity contribution in [2.24, 2.45) is 0 Å². The molecular formula is C26H25N5O2S. The van der Waals surface area contributed by atoms with Crippen LogP contribution in [0.1, 0.15) is 30.1 Å². The van der Waals surface area contributed by atoms with Crippen molar-refractivity contribution in [3.05, 3.63) is 66.5 Å². The number of hydrogen-bond acceptors (Lipinski definition) is 5. The molecule has 2 N–H and O–H groups in total. The van der Waals surface area contributed by atoms with Gasteiger partial charge in [-0.2, -0.15) is 0 Å². The Morgan fingerprint density at radius 3 is 2.62 bits per heavy atom. The van der Waals surface area contributed by atoms with E-state index in [1.807, 2.05) is 49.5 Å². The van der Waals surface area contributed by atoms with Gasteiger partial charge in [-0.15, -0.1) is 10.2 Å². The molecule has 0 radical (unpaired) electrons. The van der Waals surface area contributed by atoms with Crippen LogP contribution in [0.3, 0.4) is 0 Å². The fourth-order valence-corrected chi connectivity index (χ4v) is 5.62. The van der Waals surface area contributed by atoms with Gasteiger partial charge in [-0.1, -0.05) is 48.2 Å². The van der Waals surface area contributed by atoms with Crippen LogP contribution >= 0.6 is 11.8 Å². The number of nitrogens with zero attached hydrogens (tertiary/aromatic N) is 3. The highest BCUT2D eigenvalue weighted by atomic mass is 32.2. The van der Waals surface area contributed by atoms with E-state index in [4.69, 9.17) is 4.74 Å². The molecule has 34 heavy (non-hydrogen) atoms. The van der Waals surface area contributed by atoms with Crippen molar-refractivity contribution in [3.8, 4) is 11.4 Å². The first-order valence-electron chi connectivity index (χ1n) is 11.6. The summed E-state index contributed by atoms with van der Waals surface area (Å²) in [5.74, 6) is 0.866. The van der Waals surface area contributed by atoms with Crippen molar-refractivity contribution >= 4 is 39.4 Å². The Balaban J connectivity index is 1.34. The van der Waals surface area contributed by atoms with E-state index in [9.17, 15) is 4.79 Å². The molecule has 2 aromatic carbocycles. The van der Waals surface area contributed by atoms with Crippen LogP contribution in [0.2, 0.25) is 0 Å². The number of fused-ring (bicyclic) bond motifs is 2. The van der Waals surface area contributed by atoms with Crippen molar-refractivity contribution in [1.29, 1.82) is 0 Å². The maximum absolute atomic E-state index is 13.4. The van der Waals surface area contributed by atoms with E-state index in [-0.39, 0.29) is 17.1 Å². The van der Waals surface area contributed by atoms with Gasteiger partial charge in [0.25, 0.3) is 0 Å². The minimum atomic E-state index is -0.317. The van der Waals surface area contributed by atoms with Gasteiger partial charge >= 0.3 is 0 Å². The molecule has 3 aromatic heterocycles. The Hall–Kier alpha value is -3.36. The van der Waals surface area contributed by atoms with E-state index in [2.05, 4.69) is 36.9 Å². The lowest BCUT2D eigenvalue weighted by Crippen LogP contribution is -2.19. The fraction of sp³-hybridized carbons (Fsp3) is 0.269. The molecule has 0 bridgehead atoms. The normalized spacial score (nSPS) is 17.0. The maximum Gasteiger partial charge on any atom is 0.192 e. The number of ether oxygens (including phenoxy) is 1. The minimum absolute atomic E-state index is 0.0720. The summed E-state index contributed by atoms with van der Waals surface area (Å²) in [4.78, 5) is 19.9. The number of Topliss-reactive ketones (excluding diaryl/α,β-unsaturated/α-hetero) is 1. The Bertz CT molecular complexity index is 1480. The smallest absolute Gasteiger partial charge is 0.192 e. The highest BCUT2D eigenvalue weighted by Gasteiger charge is 2.26. The number of aromatic amines is 2. The minimum Gasteiger partial charge on any atom is -0.376 e. The molecule has 1 fully saturated rings. The van der Waals surface area contributed by atoms with Crippen LogP contribution in [-0.2, 0) is 11.3 Å². The maximum atomic E-state index is 13.4. The van der Waals surface area contributed by atoms with Crippen LogP contribution in [0, 0.1) is 0 Å². The lowest BCUT2D eigenvalue weighted by molar-refractivity contribution is 0.0953. The monoisotopic (exact) mass is 471 g/mol. The third kappa shape index (κ3) is 3.73. The van der Waals surface area contributed by atoms with Crippen LogP contribution in [0.4, 0.5) is 0 Å². The highest BCUT2D eigenvalue weighted by molar-refractivity contribution is 8.00. The second-order valence-electron chi connectivity index (χ2n) is 8.67. The first kappa shape index (κ1) is 21.2. The van der Waals surface area contributed by atoms with Gasteiger partial charge in [0.15, 0.2) is 16.8 Å². The number of carbonyl (C=O) groups excluding carboxylic acids is 1. The summed E-state index contributed by atoms with van der Waals surface area (Å²) in [6.45, 7) is 3.39. The van der Waals surface area contributed by atoms with E-state index in [1.165, 1.54) is 11.8 Å². The summed E-state index contributed by atoms with van der Waals surface area (Å²) in [5, 5.41) is 11.6. The van der Waals surface area contributed by atoms with Gasteiger partial charge in [0.1, 0.15) is 0 Å². The third-order valence-corrected chi connectivity index (χ3v) is 7.54. The lowest BCUT2D eigenvalue weighted by Gasteiger charge is -2.16. The largest absolute Gasteiger partial charge is 0.376 e.